The van der Waals surface area contributed by atoms with E-state index in [1.54, 1.807) is 11.3 Å². The molecule has 3 aromatic rings. The van der Waals surface area contributed by atoms with Gasteiger partial charge in [-0.3, -0.25) is 9.30 Å². The minimum Gasteiger partial charge on any atom is -0.392 e. The van der Waals surface area contributed by atoms with Crippen LogP contribution >= 0.6 is 11.3 Å². The van der Waals surface area contributed by atoms with Gasteiger partial charge in [0.25, 0.3) is 0 Å². The lowest BCUT2D eigenvalue weighted by Gasteiger charge is -2.26. The molecule has 0 bridgehead atoms. The molecule has 1 N–H and O–H groups in total. The Morgan fingerprint density at radius 3 is 2.93 bits per heavy atom. The van der Waals surface area contributed by atoms with Crippen molar-refractivity contribution >= 4 is 16.3 Å². The number of fused-ring (bicyclic) bond motifs is 1. The summed E-state index contributed by atoms with van der Waals surface area (Å²) >= 11 is 1.73. The molecule has 4 rings (SSSR count). The number of allylic oxidation sites excluding steroid dienone is 1. The molecular formula is C22H27N3O2S. The molecule has 0 spiro atoms. The van der Waals surface area contributed by atoms with Crippen molar-refractivity contribution < 1.29 is 9.84 Å². The number of nitrogens with zero attached hydrogens (tertiary/aromatic N) is 3. The Morgan fingerprint density at radius 2 is 2.11 bits per heavy atom. The zero-order valence-corrected chi connectivity index (χ0v) is 17.1. The highest BCUT2D eigenvalue weighted by molar-refractivity contribution is 7.17. The summed E-state index contributed by atoms with van der Waals surface area (Å²) in [5, 5.41) is 9.64. The van der Waals surface area contributed by atoms with Crippen molar-refractivity contribution in [2.24, 2.45) is 0 Å². The minimum atomic E-state index is 0.0332. The van der Waals surface area contributed by atoms with Crippen LogP contribution in [-0.2, 0) is 17.8 Å². The summed E-state index contributed by atoms with van der Waals surface area (Å²) in [6, 6.07) is 7.96. The van der Waals surface area contributed by atoms with E-state index < -0.39 is 0 Å². The molecule has 3 heterocycles. The highest BCUT2D eigenvalue weighted by Crippen LogP contribution is 2.28. The fourth-order valence-electron chi connectivity index (χ4n) is 3.57. The van der Waals surface area contributed by atoms with Crippen LogP contribution in [0.5, 0.6) is 0 Å². The Bertz CT molecular complexity index is 954. The Labute approximate surface area is 169 Å². The van der Waals surface area contributed by atoms with Crippen molar-refractivity contribution in [3.05, 3.63) is 58.7 Å². The molecule has 6 heteroatoms. The average molecular weight is 398 g/mol. The van der Waals surface area contributed by atoms with E-state index in [1.165, 1.54) is 10.5 Å². The molecule has 0 unspecified atom stereocenters. The maximum absolute atomic E-state index is 9.64. The smallest absolute Gasteiger partial charge is 0.194 e. The quantitative estimate of drug-likeness (QED) is 0.617. The predicted octanol–water partition coefficient (Wildman–Crippen LogP) is 3.77. The summed E-state index contributed by atoms with van der Waals surface area (Å²) in [6.45, 7) is 7.19. The number of rotatable bonds is 7. The van der Waals surface area contributed by atoms with Crippen LogP contribution in [0.15, 0.2) is 48.3 Å². The number of aliphatic hydroxyl groups is 1. The second-order valence-corrected chi connectivity index (χ2v) is 8.36. The van der Waals surface area contributed by atoms with Crippen LogP contribution in [-0.4, -0.2) is 52.2 Å². The van der Waals surface area contributed by atoms with E-state index in [-0.39, 0.29) is 6.61 Å². The van der Waals surface area contributed by atoms with Gasteiger partial charge in [0.1, 0.15) is 0 Å². The lowest BCUT2D eigenvalue weighted by atomic mass is 10.1. The second kappa shape index (κ2) is 9.01. The van der Waals surface area contributed by atoms with Gasteiger partial charge in [0.15, 0.2) is 4.96 Å². The van der Waals surface area contributed by atoms with Crippen molar-refractivity contribution in [3.63, 3.8) is 0 Å². The number of ether oxygens (including phenoxy) is 1. The van der Waals surface area contributed by atoms with Gasteiger partial charge in [-0.25, -0.2) is 4.98 Å². The first-order chi connectivity index (χ1) is 13.7. The summed E-state index contributed by atoms with van der Waals surface area (Å²) in [5.41, 5.74) is 4.44. The van der Waals surface area contributed by atoms with E-state index in [0.717, 1.165) is 67.5 Å². The van der Waals surface area contributed by atoms with E-state index in [2.05, 4.69) is 33.5 Å². The third-order valence-corrected chi connectivity index (χ3v) is 6.32. The molecule has 1 saturated heterocycles. The van der Waals surface area contributed by atoms with Gasteiger partial charge in [-0.05, 0) is 18.9 Å². The van der Waals surface area contributed by atoms with Crippen molar-refractivity contribution in [3.8, 4) is 11.3 Å². The highest BCUT2D eigenvalue weighted by atomic mass is 32.1. The molecule has 5 nitrogen and oxygen atoms in total. The fraction of sp³-hybridized carbons (Fsp3) is 0.409. The van der Waals surface area contributed by atoms with Crippen LogP contribution in [0.4, 0.5) is 0 Å². The molecule has 148 valence electrons. The Balaban J connectivity index is 1.44. The summed E-state index contributed by atoms with van der Waals surface area (Å²) in [7, 11) is 0. The first-order valence-electron chi connectivity index (χ1n) is 9.85. The summed E-state index contributed by atoms with van der Waals surface area (Å²) < 4.78 is 7.56. The third-order valence-electron chi connectivity index (χ3n) is 5.30. The lowest BCUT2D eigenvalue weighted by Crippen LogP contribution is -2.36. The molecule has 2 aromatic heterocycles. The van der Waals surface area contributed by atoms with Gasteiger partial charge in [0, 0.05) is 42.7 Å². The van der Waals surface area contributed by atoms with Gasteiger partial charge in [-0.1, -0.05) is 35.9 Å². The maximum Gasteiger partial charge on any atom is 0.194 e. The number of hydrogen-bond donors (Lipinski definition) is 1. The van der Waals surface area contributed by atoms with Gasteiger partial charge in [0.05, 0.1) is 31.7 Å². The van der Waals surface area contributed by atoms with E-state index >= 15 is 0 Å². The van der Waals surface area contributed by atoms with E-state index in [0.29, 0.717) is 0 Å². The second-order valence-electron chi connectivity index (χ2n) is 7.27. The Hall–Kier alpha value is -1.99. The molecule has 1 aromatic carbocycles. The number of imidazole rings is 1. The normalized spacial score (nSPS) is 16.1. The van der Waals surface area contributed by atoms with Crippen molar-refractivity contribution in [1.82, 2.24) is 14.3 Å². The molecule has 0 aliphatic carbocycles. The van der Waals surface area contributed by atoms with Gasteiger partial charge in [-0.2, -0.15) is 0 Å². The fourth-order valence-corrected chi connectivity index (χ4v) is 4.48. The van der Waals surface area contributed by atoms with Crippen molar-refractivity contribution in [2.45, 2.75) is 26.4 Å². The van der Waals surface area contributed by atoms with Gasteiger partial charge < -0.3 is 9.84 Å². The Morgan fingerprint density at radius 1 is 1.29 bits per heavy atom. The van der Waals surface area contributed by atoms with Gasteiger partial charge in [-0.15, -0.1) is 11.3 Å². The number of thiazole rings is 1. The van der Waals surface area contributed by atoms with Gasteiger partial charge in [0.2, 0.25) is 0 Å². The van der Waals surface area contributed by atoms with E-state index in [4.69, 9.17) is 4.74 Å². The summed E-state index contributed by atoms with van der Waals surface area (Å²) in [4.78, 5) is 9.35. The molecule has 28 heavy (non-hydrogen) atoms. The standard InChI is InChI=1S/C22H27N3O2S/c1-17(8-9-24-10-12-27-13-11-24)6-7-19-15-25-21(14-23-22(25)28-19)20-5-3-2-4-18(20)16-26/h2-6,14-15,26H,7-13,16H2,1H3. The zero-order valence-electron chi connectivity index (χ0n) is 16.3. The lowest BCUT2D eigenvalue weighted by molar-refractivity contribution is 0.0384. The number of benzene rings is 1. The van der Waals surface area contributed by atoms with Crippen LogP contribution in [0.3, 0.4) is 0 Å². The minimum absolute atomic E-state index is 0.0332. The average Bonchev–Trinajstić information content (AvgIpc) is 3.32. The predicted molar refractivity (Wildman–Crippen MR) is 114 cm³/mol. The van der Waals surface area contributed by atoms with Crippen LogP contribution < -0.4 is 0 Å². The number of hydrogen-bond acceptors (Lipinski definition) is 5. The van der Waals surface area contributed by atoms with E-state index in [9.17, 15) is 5.11 Å². The molecule has 0 saturated carbocycles. The monoisotopic (exact) mass is 397 g/mol. The molecule has 1 aliphatic heterocycles. The largest absolute Gasteiger partial charge is 0.392 e. The molecule has 0 amide bonds. The van der Waals surface area contributed by atoms with Crippen LogP contribution in [0.25, 0.3) is 16.2 Å². The highest BCUT2D eigenvalue weighted by Gasteiger charge is 2.13. The van der Waals surface area contributed by atoms with Crippen LogP contribution in [0.1, 0.15) is 23.8 Å². The third kappa shape index (κ3) is 4.36. The van der Waals surface area contributed by atoms with Crippen LogP contribution in [0, 0.1) is 0 Å². The molecule has 0 atom stereocenters. The summed E-state index contributed by atoms with van der Waals surface area (Å²) in [6.07, 6.45) is 8.46. The number of aliphatic hydroxyl groups excluding tert-OH is 1. The van der Waals surface area contributed by atoms with Crippen molar-refractivity contribution in [1.29, 1.82) is 0 Å². The Kier molecular flexibility index (Phi) is 6.22. The van der Waals surface area contributed by atoms with Gasteiger partial charge >= 0.3 is 0 Å². The van der Waals surface area contributed by atoms with Crippen LogP contribution in [0.2, 0.25) is 0 Å². The maximum atomic E-state index is 9.64. The topological polar surface area (TPSA) is 50.0 Å². The first-order valence-corrected chi connectivity index (χ1v) is 10.7. The molecular weight excluding hydrogens is 370 g/mol. The number of morpholine rings is 1. The SMILES string of the molecule is CC(=CCc1cn2c(-c3ccccc3CO)cnc2s1)CCN1CCOCC1. The van der Waals surface area contributed by atoms with Crippen molar-refractivity contribution in [2.75, 3.05) is 32.8 Å². The number of aromatic nitrogens is 2. The summed E-state index contributed by atoms with van der Waals surface area (Å²) in [5.74, 6) is 0. The molecule has 1 fully saturated rings. The first kappa shape index (κ1) is 19.3. The van der Waals surface area contributed by atoms with E-state index in [1.807, 2.05) is 30.5 Å². The zero-order chi connectivity index (χ0) is 19.3. The molecule has 0 radical (unpaired) electrons. The molecule has 1 aliphatic rings.